The van der Waals surface area contributed by atoms with Gasteiger partial charge in [-0.1, -0.05) is 11.6 Å². The molecule has 0 saturated carbocycles. The lowest BCUT2D eigenvalue weighted by Gasteiger charge is -2.14. The van der Waals surface area contributed by atoms with Crippen molar-refractivity contribution in [1.82, 2.24) is 25.2 Å². The Morgan fingerprint density at radius 2 is 1.71 bits per heavy atom. The van der Waals surface area contributed by atoms with Gasteiger partial charge in [-0.3, -0.25) is 9.59 Å². The normalized spacial score (nSPS) is 13.4. The van der Waals surface area contributed by atoms with Gasteiger partial charge in [-0.2, -0.15) is 0 Å². The van der Waals surface area contributed by atoms with E-state index in [-0.39, 0.29) is 28.2 Å². The van der Waals surface area contributed by atoms with Crippen LogP contribution in [0.4, 0.5) is 17.3 Å². The fourth-order valence-electron chi connectivity index (χ4n) is 3.50. The van der Waals surface area contributed by atoms with Crippen molar-refractivity contribution in [2.45, 2.75) is 12.8 Å². The molecule has 34 heavy (non-hydrogen) atoms. The van der Waals surface area contributed by atoms with Crippen molar-refractivity contribution in [3.05, 3.63) is 65.2 Å². The van der Waals surface area contributed by atoms with Crippen LogP contribution in [0.2, 0.25) is 5.02 Å². The van der Waals surface area contributed by atoms with E-state index in [2.05, 4.69) is 35.8 Å². The van der Waals surface area contributed by atoms with Gasteiger partial charge in [0.05, 0.1) is 40.6 Å². The Morgan fingerprint density at radius 3 is 2.41 bits per heavy atom. The van der Waals surface area contributed by atoms with Gasteiger partial charge in [-0.15, -0.1) is 0 Å². The van der Waals surface area contributed by atoms with Gasteiger partial charge in [0.1, 0.15) is 11.4 Å². The van der Waals surface area contributed by atoms with Gasteiger partial charge >= 0.3 is 0 Å². The molecule has 1 aromatic carbocycles. The van der Waals surface area contributed by atoms with Gasteiger partial charge < -0.3 is 26.0 Å². The Labute approximate surface area is 201 Å². The second-order valence-electron chi connectivity index (χ2n) is 7.78. The second kappa shape index (κ2) is 10.9. The Hall–Kier alpha value is -3.76. The molecule has 2 amide bonds. The van der Waals surface area contributed by atoms with Gasteiger partial charge in [-0.25, -0.2) is 15.0 Å². The van der Waals surface area contributed by atoms with Crippen LogP contribution >= 0.6 is 11.6 Å². The molecule has 0 spiro atoms. The van der Waals surface area contributed by atoms with Crippen molar-refractivity contribution in [2.24, 2.45) is 0 Å². The number of carbonyl (C=O) groups excluding carboxylic acids is 2. The number of rotatable bonds is 8. The summed E-state index contributed by atoms with van der Waals surface area (Å²) in [5.41, 5.74) is 1.43. The number of pyridine rings is 1. The quantitative estimate of drug-likeness (QED) is 0.386. The first kappa shape index (κ1) is 23.4. The molecule has 4 N–H and O–H groups in total. The highest BCUT2D eigenvalue weighted by atomic mass is 35.5. The Kier molecular flexibility index (Phi) is 7.51. The van der Waals surface area contributed by atoms with Crippen LogP contribution in [0.1, 0.15) is 33.7 Å². The average Bonchev–Trinajstić information content (AvgIpc) is 3.36. The molecule has 10 nitrogen and oxygen atoms in total. The predicted octanol–water partition coefficient (Wildman–Crippen LogP) is 3.05. The number of phenolic OH excluding ortho intramolecular Hbond substituents is 1. The summed E-state index contributed by atoms with van der Waals surface area (Å²) < 4.78 is 0. The third-order valence-corrected chi connectivity index (χ3v) is 5.60. The van der Waals surface area contributed by atoms with E-state index >= 15 is 0 Å². The molecule has 0 bridgehead atoms. The summed E-state index contributed by atoms with van der Waals surface area (Å²) in [7, 11) is 0. The molecule has 176 valence electrons. The van der Waals surface area contributed by atoms with Gasteiger partial charge in [0.25, 0.3) is 11.8 Å². The minimum atomic E-state index is -0.497. The summed E-state index contributed by atoms with van der Waals surface area (Å²) in [5.74, 6) is -0.486. The highest BCUT2D eigenvalue weighted by Crippen LogP contribution is 2.22. The zero-order valence-electron chi connectivity index (χ0n) is 18.3. The molecule has 0 aliphatic carbocycles. The van der Waals surface area contributed by atoms with Crippen molar-refractivity contribution < 1.29 is 14.7 Å². The van der Waals surface area contributed by atoms with Crippen LogP contribution in [0.5, 0.6) is 5.75 Å². The van der Waals surface area contributed by atoms with Crippen molar-refractivity contribution in [2.75, 3.05) is 36.8 Å². The Morgan fingerprint density at radius 1 is 0.971 bits per heavy atom. The van der Waals surface area contributed by atoms with E-state index in [1.807, 2.05) is 0 Å². The number of aromatic hydroxyl groups is 1. The lowest BCUT2D eigenvalue weighted by molar-refractivity contribution is 0.0944. The topological polar surface area (TPSA) is 132 Å². The van der Waals surface area contributed by atoms with Gasteiger partial charge in [0.15, 0.2) is 0 Å². The SMILES string of the molecule is O=C(NCCN1CCCC1)c1ccc(Nc2ncc(NC(=O)c3cc(O)ccc3Cl)cn2)cn1. The maximum atomic E-state index is 12.4. The zero-order chi connectivity index (χ0) is 23.9. The fourth-order valence-corrected chi connectivity index (χ4v) is 3.70. The van der Waals surface area contributed by atoms with Crippen molar-refractivity contribution in [1.29, 1.82) is 0 Å². The number of phenols is 1. The van der Waals surface area contributed by atoms with E-state index in [0.29, 0.717) is 23.6 Å². The molecule has 1 saturated heterocycles. The minimum absolute atomic E-state index is 0.0652. The van der Waals surface area contributed by atoms with Crippen LogP contribution in [0.25, 0.3) is 0 Å². The zero-order valence-corrected chi connectivity index (χ0v) is 19.0. The lowest BCUT2D eigenvalue weighted by atomic mass is 10.2. The molecule has 3 heterocycles. The van der Waals surface area contributed by atoms with Gasteiger partial charge in [0, 0.05) is 13.1 Å². The van der Waals surface area contributed by atoms with Crippen molar-refractivity contribution in [3.63, 3.8) is 0 Å². The first-order valence-corrected chi connectivity index (χ1v) is 11.2. The Bertz CT molecular complexity index is 1150. The summed E-state index contributed by atoms with van der Waals surface area (Å²) in [6.07, 6.45) is 6.83. The molecule has 1 aliphatic heterocycles. The number of benzene rings is 1. The summed E-state index contributed by atoms with van der Waals surface area (Å²) in [6.45, 7) is 3.63. The van der Waals surface area contributed by atoms with E-state index < -0.39 is 5.91 Å². The number of anilines is 3. The molecule has 0 atom stereocenters. The number of carbonyl (C=O) groups is 2. The van der Waals surface area contributed by atoms with Crippen LogP contribution in [0.3, 0.4) is 0 Å². The predicted molar refractivity (Wildman–Crippen MR) is 129 cm³/mol. The number of hydrogen-bond acceptors (Lipinski definition) is 8. The first-order chi connectivity index (χ1) is 16.5. The molecule has 0 unspecified atom stereocenters. The third-order valence-electron chi connectivity index (χ3n) is 5.27. The summed E-state index contributed by atoms with van der Waals surface area (Å²) in [4.78, 5) is 39.5. The number of nitrogens with one attached hydrogen (secondary N) is 3. The molecule has 0 radical (unpaired) electrons. The highest BCUT2D eigenvalue weighted by molar-refractivity contribution is 6.34. The first-order valence-electron chi connectivity index (χ1n) is 10.8. The highest BCUT2D eigenvalue weighted by Gasteiger charge is 2.13. The van der Waals surface area contributed by atoms with Crippen LogP contribution < -0.4 is 16.0 Å². The smallest absolute Gasteiger partial charge is 0.269 e. The summed E-state index contributed by atoms with van der Waals surface area (Å²) >= 11 is 6.01. The maximum absolute atomic E-state index is 12.4. The second-order valence-corrected chi connectivity index (χ2v) is 8.18. The number of likely N-dealkylation sites (tertiary alicyclic amines) is 1. The summed E-state index contributed by atoms with van der Waals surface area (Å²) in [6, 6.07) is 7.45. The van der Waals surface area contributed by atoms with E-state index in [9.17, 15) is 14.7 Å². The number of halogens is 1. The number of amides is 2. The largest absolute Gasteiger partial charge is 0.508 e. The molecule has 1 aliphatic rings. The Balaban J connectivity index is 1.28. The van der Waals surface area contributed by atoms with Gasteiger partial charge in [-0.05, 0) is 56.3 Å². The number of hydrogen-bond donors (Lipinski definition) is 4. The van der Waals surface area contributed by atoms with Gasteiger partial charge in [0.2, 0.25) is 5.95 Å². The molecular weight excluding hydrogens is 458 g/mol. The molecule has 1 fully saturated rings. The number of aromatic nitrogens is 3. The minimum Gasteiger partial charge on any atom is -0.508 e. The third kappa shape index (κ3) is 6.18. The standard InChI is InChI=1S/C23H24ClN7O3/c24-19-5-4-17(32)11-18(19)21(33)29-16-13-27-23(28-14-16)30-15-3-6-20(26-12-15)22(34)25-7-10-31-8-1-2-9-31/h3-6,11-14,32H,1-2,7-10H2,(H,25,34)(H,29,33)(H,27,28,30). The maximum Gasteiger partial charge on any atom is 0.269 e. The average molecular weight is 482 g/mol. The molecule has 4 rings (SSSR count). The number of nitrogens with zero attached hydrogens (tertiary/aromatic N) is 4. The van der Waals surface area contributed by atoms with Crippen molar-refractivity contribution in [3.8, 4) is 5.75 Å². The monoisotopic (exact) mass is 481 g/mol. The fraction of sp³-hybridized carbons (Fsp3) is 0.261. The summed E-state index contributed by atoms with van der Waals surface area (Å²) in [5, 5.41) is 18.3. The van der Waals surface area contributed by atoms with E-state index in [4.69, 9.17) is 11.6 Å². The molecule has 3 aromatic rings. The van der Waals surface area contributed by atoms with Crippen LogP contribution in [0, 0.1) is 0 Å². The molecular formula is C23H24ClN7O3. The van der Waals surface area contributed by atoms with Crippen LogP contribution in [-0.2, 0) is 0 Å². The lowest BCUT2D eigenvalue weighted by Crippen LogP contribution is -2.33. The van der Waals surface area contributed by atoms with Crippen molar-refractivity contribution >= 4 is 40.7 Å². The van der Waals surface area contributed by atoms with E-state index in [1.54, 1.807) is 12.1 Å². The molecule has 11 heteroatoms. The van der Waals surface area contributed by atoms with E-state index in [0.717, 1.165) is 19.6 Å². The van der Waals surface area contributed by atoms with Crippen LogP contribution in [-0.4, -0.2) is 63.0 Å². The van der Waals surface area contributed by atoms with E-state index in [1.165, 1.54) is 49.6 Å². The molecule has 2 aromatic heterocycles. The van der Waals surface area contributed by atoms with Crippen LogP contribution in [0.15, 0.2) is 48.9 Å².